The monoisotopic (exact) mass is 509 g/mol. The summed E-state index contributed by atoms with van der Waals surface area (Å²) in [5.74, 6) is -1.55. The standard InChI is InChI=1S/C24H29ClFN3O4S/c1-15(2)16-7-5-6-8-18(16)24(13-29(14-24)9-10-34(4,32)33)23(31)28-21-12-20(26)19(25)11-17(21)22(30)27-3/h5-8,11-12,15H,9-10,13-14H2,1-4H3,(H,27,30)(H,28,31). The molecule has 3 rings (SSSR count). The van der Waals surface area contributed by atoms with Crippen molar-refractivity contribution in [2.24, 2.45) is 0 Å². The first kappa shape index (κ1) is 26.1. The lowest BCUT2D eigenvalue weighted by Gasteiger charge is -2.50. The Morgan fingerprint density at radius 3 is 2.44 bits per heavy atom. The van der Waals surface area contributed by atoms with E-state index in [4.69, 9.17) is 11.6 Å². The number of nitrogens with one attached hydrogen (secondary N) is 2. The number of hydrogen-bond donors (Lipinski definition) is 2. The maximum Gasteiger partial charge on any atom is 0.253 e. The van der Waals surface area contributed by atoms with E-state index in [1.54, 1.807) is 0 Å². The normalized spacial score (nSPS) is 15.6. The fourth-order valence-corrected chi connectivity index (χ4v) is 5.01. The van der Waals surface area contributed by atoms with Crippen LogP contribution in [-0.2, 0) is 20.0 Å². The van der Waals surface area contributed by atoms with E-state index < -0.39 is 32.9 Å². The first-order valence-corrected chi connectivity index (χ1v) is 13.3. The third-order valence-electron chi connectivity index (χ3n) is 6.08. The van der Waals surface area contributed by atoms with Crippen LogP contribution in [-0.4, -0.2) is 63.8 Å². The third kappa shape index (κ3) is 5.42. The van der Waals surface area contributed by atoms with Crippen LogP contribution in [0.15, 0.2) is 36.4 Å². The first-order chi connectivity index (χ1) is 15.9. The van der Waals surface area contributed by atoms with Gasteiger partial charge in [0, 0.05) is 32.9 Å². The van der Waals surface area contributed by atoms with Gasteiger partial charge in [0.1, 0.15) is 15.7 Å². The number of halogens is 2. The molecular weight excluding hydrogens is 481 g/mol. The molecule has 1 aliphatic rings. The highest BCUT2D eigenvalue weighted by atomic mass is 35.5. The Kier molecular flexibility index (Phi) is 7.69. The summed E-state index contributed by atoms with van der Waals surface area (Å²) in [6, 6.07) is 9.83. The Hall–Kier alpha value is -2.49. The van der Waals surface area contributed by atoms with Crippen LogP contribution in [0.2, 0.25) is 5.02 Å². The van der Waals surface area contributed by atoms with Gasteiger partial charge in [-0.05, 0) is 29.2 Å². The van der Waals surface area contributed by atoms with E-state index in [0.29, 0.717) is 19.6 Å². The molecule has 34 heavy (non-hydrogen) atoms. The lowest BCUT2D eigenvalue weighted by atomic mass is 9.69. The molecule has 0 atom stereocenters. The molecule has 184 valence electrons. The van der Waals surface area contributed by atoms with E-state index in [9.17, 15) is 22.4 Å². The van der Waals surface area contributed by atoms with Crippen LogP contribution in [0.1, 0.15) is 41.3 Å². The van der Waals surface area contributed by atoms with Crippen LogP contribution in [0, 0.1) is 5.82 Å². The Morgan fingerprint density at radius 2 is 1.85 bits per heavy atom. The number of rotatable bonds is 8. The topological polar surface area (TPSA) is 95.6 Å². The van der Waals surface area contributed by atoms with Gasteiger partial charge < -0.3 is 10.6 Å². The molecule has 2 N–H and O–H groups in total. The predicted molar refractivity (Wildman–Crippen MR) is 132 cm³/mol. The van der Waals surface area contributed by atoms with Gasteiger partial charge in [-0.2, -0.15) is 0 Å². The van der Waals surface area contributed by atoms with Crippen molar-refractivity contribution in [1.82, 2.24) is 10.2 Å². The Balaban J connectivity index is 2.00. The molecule has 1 saturated heterocycles. The zero-order chi connectivity index (χ0) is 25.3. The highest BCUT2D eigenvalue weighted by molar-refractivity contribution is 7.90. The molecule has 2 amide bonds. The summed E-state index contributed by atoms with van der Waals surface area (Å²) in [6.45, 7) is 4.95. The predicted octanol–water partition coefficient (Wildman–Crippen LogP) is 3.20. The second-order valence-electron chi connectivity index (χ2n) is 9.01. The lowest BCUT2D eigenvalue weighted by Crippen LogP contribution is -2.65. The van der Waals surface area contributed by atoms with E-state index in [1.165, 1.54) is 19.4 Å². The number of anilines is 1. The van der Waals surface area contributed by atoms with Gasteiger partial charge in [-0.3, -0.25) is 14.5 Å². The number of likely N-dealkylation sites (tertiary alicyclic amines) is 1. The highest BCUT2D eigenvalue weighted by Crippen LogP contribution is 2.40. The molecule has 10 heteroatoms. The Morgan fingerprint density at radius 1 is 1.21 bits per heavy atom. The van der Waals surface area contributed by atoms with Gasteiger partial charge in [-0.1, -0.05) is 49.7 Å². The summed E-state index contributed by atoms with van der Waals surface area (Å²) < 4.78 is 37.5. The number of carbonyl (C=O) groups is 2. The fourth-order valence-electron chi connectivity index (χ4n) is 4.26. The SMILES string of the molecule is CNC(=O)c1cc(Cl)c(F)cc1NC(=O)C1(c2ccccc2C(C)C)CN(CCS(C)(=O)=O)C1. The number of amides is 2. The van der Waals surface area contributed by atoms with Crippen molar-refractivity contribution in [3.8, 4) is 0 Å². The van der Waals surface area contributed by atoms with Gasteiger partial charge in [0.15, 0.2) is 0 Å². The molecule has 2 aromatic rings. The van der Waals surface area contributed by atoms with Gasteiger partial charge in [0.2, 0.25) is 5.91 Å². The van der Waals surface area contributed by atoms with Crippen molar-refractivity contribution in [1.29, 1.82) is 0 Å². The Labute approximate surface area is 204 Å². The molecule has 0 saturated carbocycles. The number of sulfone groups is 1. The average molecular weight is 510 g/mol. The molecule has 1 heterocycles. The highest BCUT2D eigenvalue weighted by Gasteiger charge is 2.51. The molecule has 0 aliphatic carbocycles. The largest absolute Gasteiger partial charge is 0.355 e. The zero-order valence-corrected chi connectivity index (χ0v) is 21.2. The summed E-state index contributed by atoms with van der Waals surface area (Å²) >= 11 is 5.87. The second-order valence-corrected chi connectivity index (χ2v) is 11.7. The van der Waals surface area contributed by atoms with Gasteiger partial charge in [0.05, 0.1) is 27.4 Å². The molecule has 0 spiro atoms. The quantitative estimate of drug-likeness (QED) is 0.570. The molecular formula is C24H29ClFN3O4S. The van der Waals surface area contributed by atoms with Crippen LogP contribution in [0.5, 0.6) is 0 Å². The van der Waals surface area contributed by atoms with Crippen molar-refractivity contribution < 1.29 is 22.4 Å². The van der Waals surface area contributed by atoms with Crippen molar-refractivity contribution >= 4 is 38.9 Å². The molecule has 7 nitrogen and oxygen atoms in total. The number of nitrogens with zero attached hydrogens (tertiary/aromatic N) is 1. The van der Waals surface area contributed by atoms with E-state index in [2.05, 4.69) is 10.6 Å². The number of benzene rings is 2. The molecule has 0 unspecified atom stereocenters. The molecule has 0 radical (unpaired) electrons. The summed E-state index contributed by atoms with van der Waals surface area (Å²) in [6.07, 6.45) is 1.18. The van der Waals surface area contributed by atoms with Crippen molar-refractivity contribution in [3.05, 3.63) is 63.9 Å². The van der Waals surface area contributed by atoms with Gasteiger partial charge in [-0.15, -0.1) is 0 Å². The van der Waals surface area contributed by atoms with Crippen LogP contribution >= 0.6 is 11.6 Å². The van der Waals surface area contributed by atoms with E-state index >= 15 is 0 Å². The summed E-state index contributed by atoms with van der Waals surface area (Å²) in [5.41, 5.74) is 0.891. The maximum absolute atomic E-state index is 14.3. The second kappa shape index (κ2) is 10.0. The minimum Gasteiger partial charge on any atom is -0.355 e. The van der Waals surface area contributed by atoms with E-state index in [-0.39, 0.29) is 27.9 Å². The minimum atomic E-state index is -3.16. The van der Waals surface area contributed by atoms with Crippen LogP contribution in [0.3, 0.4) is 0 Å². The van der Waals surface area contributed by atoms with Crippen molar-refractivity contribution in [2.45, 2.75) is 25.2 Å². The number of carbonyl (C=O) groups excluding carboxylic acids is 2. The van der Waals surface area contributed by atoms with Gasteiger partial charge in [-0.25, -0.2) is 12.8 Å². The Bertz CT molecular complexity index is 1210. The summed E-state index contributed by atoms with van der Waals surface area (Å²) in [7, 11) is -1.73. The van der Waals surface area contributed by atoms with Crippen molar-refractivity contribution in [3.63, 3.8) is 0 Å². The molecule has 1 fully saturated rings. The van der Waals surface area contributed by atoms with Gasteiger partial charge in [0.25, 0.3) is 5.91 Å². The van der Waals surface area contributed by atoms with E-state index in [1.807, 2.05) is 43.0 Å². The zero-order valence-electron chi connectivity index (χ0n) is 19.6. The molecule has 2 aromatic carbocycles. The fraction of sp³-hybridized carbons (Fsp3) is 0.417. The number of hydrogen-bond acceptors (Lipinski definition) is 5. The third-order valence-corrected chi connectivity index (χ3v) is 7.29. The summed E-state index contributed by atoms with van der Waals surface area (Å²) in [5, 5.41) is 4.99. The van der Waals surface area contributed by atoms with Crippen molar-refractivity contribution in [2.75, 3.05) is 44.0 Å². The molecule has 0 aromatic heterocycles. The smallest absolute Gasteiger partial charge is 0.253 e. The summed E-state index contributed by atoms with van der Waals surface area (Å²) in [4.78, 5) is 28.0. The minimum absolute atomic E-state index is 0.0141. The maximum atomic E-state index is 14.3. The van der Waals surface area contributed by atoms with Gasteiger partial charge >= 0.3 is 0 Å². The van der Waals surface area contributed by atoms with Crippen LogP contribution < -0.4 is 10.6 Å². The molecule has 1 aliphatic heterocycles. The van der Waals surface area contributed by atoms with Crippen LogP contribution in [0.4, 0.5) is 10.1 Å². The molecule has 0 bridgehead atoms. The van der Waals surface area contributed by atoms with E-state index in [0.717, 1.165) is 17.2 Å². The first-order valence-electron chi connectivity index (χ1n) is 10.9. The van der Waals surface area contributed by atoms with Crippen LogP contribution in [0.25, 0.3) is 0 Å². The average Bonchev–Trinajstić information content (AvgIpc) is 2.74. The lowest BCUT2D eigenvalue weighted by molar-refractivity contribution is -0.128.